The molecule has 20 heavy (non-hydrogen) atoms. The number of aryl methyl sites for hydroxylation is 1. The molecular formula is C14H20ClNO2S2. The van der Waals surface area contributed by atoms with Gasteiger partial charge in [0.25, 0.3) is 0 Å². The van der Waals surface area contributed by atoms with Gasteiger partial charge in [0.05, 0.1) is 4.90 Å². The Hall–Kier alpha value is -0.230. The monoisotopic (exact) mass is 333 g/mol. The summed E-state index contributed by atoms with van der Waals surface area (Å²) in [4.78, 5) is 0.322. The van der Waals surface area contributed by atoms with E-state index in [2.05, 4.69) is 11.6 Å². The van der Waals surface area contributed by atoms with Crippen molar-refractivity contribution in [1.82, 2.24) is 4.72 Å². The van der Waals surface area contributed by atoms with Crippen LogP contribution >= 0.6 is 23.4 Å². The number of nitrogens with one attached hydrogen (secondary N) is 1. The first-order valence-electron chi connectivity index (χ1n) is 6.74. The predicted molar refractivity (Wildman–Crippen MR) is 86.2 cm³/mol. The molecule has 0 spiro atoms. The third-order valence-corrected chi connectivity index (χ3v) is 6.70. The molecule has 1 aliphatic rings. The molecule has 1 heterocycles. The normalized spacial score (nSPS) is 23.1. The summed E-state index contributed by atoms with van der Waals surface area (Å²) in [6.07, 6.45) is 2.98. The largest absolute Gasteiger partial charge is 0.240 e. The zero-order valence-electron chi connectivity index (χ0n) is 11.6. The van der Waals surface area contributed by atoms with Crippen molar-refractivity contribution in [3.8, 4) is 0 Å². The molecule has 1 atom stereocenters. The summed E-state index contributed by atoms with van der Waals surface area (Å²) in [5.74, 6) is 1.66. The number of halogens is 1. The number of alkyl halides is 1. The maximum atomic E-state index is 12.3. The van der Waals surface area contributed by atoms with E-state index >= 15 is 0 Å². The second-order valence-electron chi connectivity index (χ2n) is 5.31. The average molecular weight is 334 g/mol. The number of hydrogen-bond acceptors (Lipinski definition) is 3. The summed E-state index contributed by atoms with van der Waals surface area (Å²) < 4.78 is 27.3. The van der Waals surface area contributed by atoms with Crippen molar-refractivity contribution in [2.75, 3.05) is 18.2 Å². The first kappa shape index (κ1) is 16.1. The van der Waals surface area contributed by atoms with E-state index in [9.17, 15) is 8.42 Å². The minimum absolute atomic E-state index is 0.0334. The molecule has 6 heteroatoms. The molecule has 0 aliphatic carbocycles. The van der Waals surface area contributed by atoms with Gasteiger partial charge < -0.3 is 0 Å². The van der Waals surface area contributed by atoms with Crippen molar-refractivity contribution in [1.29, 1.82) is 0 Å². The van der Waals surface area contributed by atoms with Gasteiger partial charge in [0, 0.05) is 17.2 Å². The lowest BCUT2D eigenvalue weighted by Gasteiger charge is -2.22. The van der Waals surface area contributed by atoms with E-state index < -0.39 is 10.0 Å². The van der Waals surface area contributed by atoms with E-state index in [1.165, 1.54) is 0 Å². The minimum Gasteiger partial charge on any atom is -0.210 e. The van der Waals surface area contributed by atoms with Crippen molar-refractivity contribution in [3.63, 3.8) is 0 Å². The molecule has 3 nitrogen and oxygen atoms in total. The zero-order valence-corrected chi connectivity index (χ0v) is 14.0. The number of hydrogen-bond donors (Lipinski definition) is 1. The van der Waals surface area contributed by atoms with Gasteiger partial charge in [-0.3, -0.25) is 0 Å². The van der Waals surface area contributed by atoms with Gasteiger partial charge in [-0.2, -0.15) is 11.8 Å². The van der Waals surface area contributed by atoms with Crippen LogP contribution in [-0.2, 0) is 16.4 Å². The van der Waals surface area contributed by atoms with Crippen molar-refractivity contribution >= 4 is 33.4 Å². The molecule has 1 aliphatic heterocycles. The summed E-state index contributed by atoms with van der Waals surface area (Å²) in [6, 6.07) is 6.94. The first-order valence-corrected chi connectivity index (χ1v) is 9.74. The van der Waals surface area contributed by atoms with Crippen molar-refractivity contribution < 1.29 is 8.42 Å². The molecular weight excluding hydrogens is 314 g/mol. The molecule has 0 bridgehead atoms. The van der Waals surface area contributed by atoms with Gasteiger partial charge in [-0.1, -0.05) is 12.1 Å². The second-order valence-corrected chi connectivity index (χ2v) is 9.14. The third kappa shape index (κ3) is 4.13. The maximum absolute atomic E-state index is 12.3. The zero-order chi connectivity index (χ0) is 14.6. The maximum Gasteiger partial charge on any atom is 0.240 e. The van der Waals surface area contributed by atoms with Gasteiger partial charge in [0.1, 0.15) is 0 Å². The standard InChI is InChI=1S/C14H20ClNO2S2/c1-14(8-2-10-19-14)11-16-20(17,18)13-5-3-12(4-6-13)7-9-15/h3-6,16H,2,7-11H2,1H3. The number of benzene rings is 1. The Morgan fingerprint density at radius 3 is 2.60 bits per heavy atom. The van der Waals surface area contributed by atoms with Crippen LogP contribution in [-0.4, -0.2) is 31.3 Å². The lowest BCUT2D eigenvalue weighted by molar-refractivity contribution is 0.552. The quantitative estimate of drug-likeness (QED) is 0.814. The van der Waals surface area contributed by atoms with Crippen LogP contribution in [0.3, 0.4) is 0 Å². The molecule has 1 fully saturated rings. The third-order valence-electron chi connectivity index (χ3n) is 3.55. The highest BCUT2D eigenvalue weighted by Gasteiger charge is 2.31. The van der Waals surface area contributed by atoms with Crippen LogP contribution < -0.4 is 4.72 Å². The Bertz CT molecular complexity index is 537. The first-order chi connectivity index (χ1) is 9.45. The van der Waals surface area contributed by atoms with Crippen LogP contribution in [0, 0.1) is 0 Å². The Morgan fingerprint density at radius 1 is 1.35 bits per heavy atom. The molecule has 1 unspecified atom stereocenters. The molecule has 0 aromatic heterocycles. The Balaban J connectivity index is 2.02. The SMILES string of the molecule is CC1(CNS(=O)(=O)c2ccc(CCCl)cc2)CCCS1. The van der Waals surface area contributed by atoms with E-state index in [1.807, 2.05) is 23.9 Å². The molecule has 0 saturated carbocycles. The Labute approximate surface area is 130 Å². The summed E-state index contributed by atoms with van der Waals surface area (Å²) in [5.41, 5.74) is 1.05. The fraction of sp³-hybridized carbons (Fsp3) is 0.571. The minimum atomic E-state index is -3.41. The summed E-state index contributed by atoms with van der Waals surface area (Å²) in [5, 5.41) is 0. The Morgan fingerprint density at radius 2 is 2.05 bits per heavy atom. The molecule has 0 amide bonds. The van der Waals surface area contributed by atoms with Crippen molar-refractivity contribution in [2.24, 2.45) is 0 Å². The van der Waals surface area contributed by atoms with Gasteiger partial charge in [0.2, 0.25) is 10.0 Å². The Kier molecular flexibility index (Phi) is 5.40. The van der Waals surface area contributed by atoms with Gasteiger partial charge >= 0.3 is 0 Å². The van der Waals surface area contributed by atoms with E-state index in [0.717, 1.165) is 30.6 Å². The molecule has 1 aromatic rings. The van der Waals surface area contributed by atoms with Crippen LogP contribution in [0.2, 0.25) is 0 Å². The lowest BCUT2D eigenvalue weighted by Crippen LogP contribution is -2.36. The van der Waals surface area contributed by atoms with Crippen LogP contribution in [0.4, 0.5) is 0 Å². The number of thioether (sulfide) groups is 1. The van der Waals surface area contributed by atoms with E-state index in [0.29, 0.717) is 17.3 Å². The molecule has 112 valence electrons. The predicted octanol–water partition coefficient (Wildman–Crippen LogP) is 3.03. The van der Waals surface area contributed by atoms with Gasteiger partial charge in [0.15, 0.2) is 0 Å². The summed E-state index contributed by atoms with van der Waals surface area (Å²) in [6.45, 7) is 2.61. The van der Waals surface area contributed by atoms with Crippen LogP contribution in [0.15, 0.2) is 29.2 Å². The summed E-state index contributed by atoms with van der Waals surface area (Å²) in [7, 11) is -3.41. The van der Waals surface area contributed by atoms with Crippen LogP contribution in [0.5, 0.6) is 0 Å². The molecule has 0 radical (unpaired) electrons. The summed E-state index contributed by atoms with van der Waals surface area (Å²) >= 11 is 7.52. The highest BCUT2D eigenvalue weighted by molar-refractivity contribution is 8.01. The van der Waals surface area contributed by atoms with Crippen LogP contribution in [0.25, 0.3) is 0 Å². The molecule has 1 N–H and O–H groups in total. The smallest absolute Gasteiger partial charge is 0.210 e. The van der Waals surface area contributed by atoms with E-state index in [4.69, 9.17) is 11.6 Å². The fourth-order valence-corrected chi connectivity index (χ4v) is 4.98. The van der Waals surface area contributed by atoms with Gasteiger partial charge in [-0.25, -0.2) is 13.1 Å². The van der Waals surface area contributed by atoms with Crippen molar-refractivity contribution in [3.05, 3.63) is 29.8 Å². The topological polar surface area (TPSA) is 46.2 Å². The van der Waals surface area contributed by atoms with Gasteiger partial charge in [-0.15, -0.1) is 11.6 Å². The van der Waals surface area contributed by atoms with E-state index in [1.54, 1.807) is 12.1 Å². The highest BCUT2D eigenvalue weighted by Crippen LogP contribution is 2.37. The van der Waals surface area contributed by atoms with Crippen molar-refractivity contribution in [2.45, 2.75) is 35.8 Å². The number of rotatable bonds is 6. The molecule has 1 saturated heterocycles. The second kappa shape index (κ2) is 6.69. The molecule has 1 aromatic carbocycles. The average Bonchev–Trinajstić information content (AvgIpc) is 2.85. The van der Waals surface area contributed by atoms with E-state index in [-0.39, 0.29) is 4.75 Å². The molecule has 2 rings (SSSR count). The van der Waals surface area contributed by atoms with Gasteiger partial charge in [-0.05, 0) is 49.6 Å². The number of sulfonamides is 1. The highest BCUT2D eigenvalue weighted by atomic mass is 35.5. The van der Waals surface area contributed by atoms with Crippen LogP contribution in [0.1, 0.15) is 25.3 Å². The lowest BCUT2D eigenvalue weighted by atomic mass is 10.1. The fourth-order valence-electron chi connectivity index (χ4n) is 2.25.